The Labute approximate surface area is 218 Å². The smallest absolute Gasteiger partial charge is 0.338 e. The van der Waals surface area contributed by atoms with Crippen molar-refractivity contribution in [2.45, 2.75) is 6.92 Å². The molecule has 4 heterocycles. The molecular weight excluding hydrogens is 489 g/mol. The highest BCUT2D eigenvalue weighted by Gasteiger charge is 2.20. The highest BCUT2D eigenvalue weighted by atomic mass is 19.1. The summed E-state index contributed by atoms with van der Waals surface area (Å²) in [5.74, 6) is -0.632. The topological polar surface area (TPSA) is 105 Å². The zero-order valence-corrected chi connectivity index (χ0v) is 20.7. The minimum Gasteiger partial charge on any atom is -0.462 e. The summed E-state index contributed by atoms with van der Waals surface area (Å²) < 4.78 is 20.6. The van der Waals surface area contributed by atoms with Crippen molar-refractivity contribution in [2.75, 3.05) is 47.9 Å². The fraction of sp³-hybridized carbons (Fsp3) is 0.222. The monoisotopic (exact) mass is 515 g/mol. The van der Waals surface area contributed by atoms with Crippen LogP contribution in [0.4, 0.5) is 21.6 Å². The van der Waals surface area contributed by atoms with E-state index in [2.05, 4.69) is 30.2 Å². The summed E-state index contributed by atoms with van der Waals surface area (Å²) in [6, 6.07) is 16.1. The van der Waals surface area contributed by atoms with E-state index in [1.807, 2.05) is 18.2 Å². The molecule has 38 heavy (non-hydrogen) atoms. The van der Waals surface area contributed by atoms with Gasteiger partial charge in [-0.1, -0.05) is 6.07 Å². The minimum absolute atomic E-state index is 0.189. The fourth-order valence-corrected chi connectivity index (χ4v) is 4.17. The molecule has 1 aliphatic rings. The van der Waals surface area contributed by atoms with Gasteiger partial charge in [0.1, 0.15) is 11.4 Å². The highest BCUT2D eigenvalue weighted by molar-refractivity contribution is 6.04. The SMILES string of the molecule is CCOC(=O)c1ccc(N2CCN(c3ccc(NC(=O)c4cn(-c5ccccn5)nc4F)cn3)CC2)cc1. The summed E-state index contributed by atoms with van der Waals surface area (Å²) in [5.41, 5.74) is 1.84. The van der Waals surface area contributed by atoms with Crippen molar-refractivity contribution in [1.29, 1.82) is 0 Å². The molecular formula is C27H26FN7O3. The van der Waals surface area contributed by atoms with Crippen molar-refractivity contribution in [3.63, 3.8) is 0 Å². The molecule has 1 N–H and O–H groups in total. The molecule has 194 valence electrons. The first-order valence-corrected chi connectivity index (χ1v) is 12.2. The zero-order valence-electron chi connectivity index (χ0n) is 20.7. The van der Waals surface area contributed by atoms with Crippen molar-refractivity contribution in [3.8, 4) is 5.82 Å². The van der Waals surface area contributed by atoms with E-state index in [1.165, 1.54) is 10.9 Å². The predicted molar refractivity (Wildman–Crippen MR) is 140 cm³/mol. The summed E-state index contributed by atoms with van der Waals surface area (Å²) in [5, 5.41) is 6.41. The normalized spacial score (nSPS) is 13.3. The van der Waals surface area contributed by atoms with Crippen LogP contribution in [0.5, 0.6) is 0 Å². The van der Waals surface area contributed by atoms with Gasteiger partial charge in [0.05, 0.1) is 24.1 Å². The van der Waals surface area contributed by atoms with E-state index < -0.39 is 11.9 Å². The molecule has 3 aromatic heterocycles. The van der Waals surface area contributed by atoms with Gasteiger partial charge < -0.3 is 19.9 Å². The van der Waals surface area contributed by atoms with E-state index in [1.54, 1.807) is 55.7 Å². The number of esters is 1. The van der Waals surface area contributed by atoms with Crippen LogP contribution in [0.1, 0.15) is 27.6 Å². The number of carbonyl (C=O) groups excluding carboxylic acids is 2. The number of halogens is 1. The lowest BCUT2D eigenvalue weighted by atomic mass is 10.2. The number of nitrogens with zero attached hydrogens (tertiary/aromatic N) is 6. The summed E-state index contributed by atoms with van der Waals surface area (Å²) in [4.78, 5) is 37.5. The van der Waals surface area contributed by atoms with E-state index in [-0.39, 0.29) is 11.5 Å². The second-order valence-corrected chi connectivity index (χ2v) is 8.57. The first kappa shape index (κ1) is 24.9. The molecule has 1 fully saturated rings. The fourth-order valence-electron chi connectivity index (χ4n) is 4.17. The molecule has 4 aromatic rings. The zero-order chi connectivity index (χ0) is 26.5. The van der Waals surface area contributed by atoms with Crippen LogP contribution >= 0.6 is 0 Å². The number of carbonyl (C=O) groups is 2. The number of pyridine rings is 2. The van der Waals surface area contributed by atoms with Crippen LogP contribution in [0.3, 0.4) is 0 Å². The van der Waals surface area contributed by atoms with Crippen LogP contribution in [0.25, 0.3) is 5.82 Å². The third-order valence-electron chi connectivity index (χ3n) is 6.15. The van der Waals surface area contributed by atoms with Crippen LogP contribution in [-0.2, 0) is 4.74 Å². The molecule has 11 heteroatoms. The van der Waals surface area contributed by atoms with Gasteiger partial charge in [0.25, 0.3) is 5.91 Å². The first-order chi connectivity index (χ1) is 18.5. The van der Waals surface area contributed by atoms with Crippen LogP contribution in [0, 0.1) is 5.95 Å². The lowest BCUT2D eigenvalue weighted by Crippen LogP contribution is -2.46. The lowest BCUT2D eigenvalue weighted by molar-refractivity contribution is 0.0526. The van der Waals surface area contributed by atoms with Crippen molar-refractivity contribution in [3.05, 3.63) is 90.3 Å². The summed E-state index contributed by atoms with van der Waals surface area (Å²) >= 11 is 0. The average molecular weight is 516 g/mol. The molecule has 0 saturated carbocycles. The number of rotatable bonds is 7. The molecule has 0 radical (unpaired) electrons. The Bertz CT molecular complexity index is 1400. The number of nitrogens with one attached hydrogen (secondary N) is 1. The van der Waals surface area contributed by atoms with Gasteiger partial charge >= 0.3 is 5.97 Å². The van der Waals surface area contributed by atoms with Gasteiger partial charge in [-0.25, -0.2) is 19.4 Å². The number of aromatic nitrogens is 4. The van der Waals surface area contributed by atoms with Crippen molar-refractivity contribution >= 4 is 29.1 Å². The maximum atomic E-state index is 14.3. The van der Waals surface area contributed by atoms with Gasteiger partial charge in [0.15, 0.2) is 5.82 Å². The first-order valence-electron chi connectivity index (χ1n) is 12.2. The third-order valence-corrected chi connectivity index (χ3v) is 6.15. The Morgan fingerprint density at radius 1 is 0.947 bits per heavy atom. The molecule has 1 amide bonds. The average Bonchev–Trinajstić information content (AvgIpc) is 3.36. The number of hydrogen-bond donors (Lipinski definition) is 1. The Hall–Kier alpha value is -4.80. The summed E-state index contributed by atoms with van der Waals surface area (Å²) in [6.45, 7) is 5.23. The molecule has 1 aliphatic heterocycles. The standard InChI is InChI=1S/C27H26FN7O3/c1-2-38-27(37)19-6-9-21(10-7-19)33-13-15-34(16-14-33)23-11-8-20(17-30-23)31-26(36)22-18-35(32-25(22)28)24-5-3-4-12-29-24/h3-12,17-18H,2,13-16H2,1H3,(H,31,36). The molecule has 0 aliphatic carbocycles. The van der Waals surface area contributed by atoms with Crippen LogP contribution in [0.15, 0.2) is 73.2 Å². The molecule has 5 rings (SSSR count). The van der Waals surface area contributed by atoms with E-state index in [9.17, 15) is 14.0 Å². The quantitative estimate of drug-likeness (QED) is 0.373. The van der Waals surface area contributed by atoms with E-state index >= 15 is 0 Å². The van der Waals surface area contributed by atoms with Crippen molar-refractivity contribution in [2.24, 2.45) is 0 Å². The van der Waals surface area contributed by atoms with Gasteiger partial charge in [0.2, 0.25) is 5.95 Å². The maximum Gasteiger partial charge on any atom is 0.338 e. The minimum atomic E-state index is -0.883. The second-order valence-electron chi connectivity index (χ2n) is 8.57. The van der Waals surface area contributed by atoms with Crippen molar-refractivity contribution in [1.82, 2.24) is 19.7 Å². The number of hydrogen-bond acceptors (Lipinski definition) is 8. The van der Waals surface area contributed by atoms with Crippen molar-refractivity contribution < 1.29 is 18.7 Å². The number of amides is 1. The number of anilines is 3. The molecule has 0 bridgehead atoms. The largest absolute Gasteiger partial charge is 0.462 e. The molecule has 0 unspecified atom stereocenters. The van der Waals surface area contributed by atoms with E-state index in [0.29, 0.717) is 23.7 Å². The Morgan fingerprint density at radius 3 is 2.37 bits per heavy atom. The van der Waals surface area contributed by atoms with Gasteiger partial charge in [-0.15, -0.1) is 5.10 Å². The van der Waals surface area contributed by atoms with Crippen LogP contribution < -0.4 is 15.1 Å². The van der Waals surface area contributed by atoms with E-state index in [4.69, 9.17) is 4.74 Å². The van der Waals surface area contributed by atoms with Crippen LogP contribution in [-0.4, -0.2) is 64.4 Å². The summed E-state index contributed by atoms with van der Waals surface area (Å²) in [6.07, 6.45) is 4.42. The van der Waals surface area contributed by atoms with Crippen LogP contribution in [0.2, 0.25) is 0 Å². The van der Waals surface area contributed by atoms with Gasteiger partial charge in [-0.3, -0.25) is 4.79 Å². The van der Waals surface area contributed by atoms with Gasteiger partial charge in [-0.2, -0.15) is 4.39 Å². The predicted octanol–water partition coefficient (Wildman–Crippen LogP) is 3.56. The highest BCUT2D eigenvalue weighted by Crippen LogP contribution is 2.21. The maximum absolute atomic E-state index is 14.3. The Morgan fingerprint density at radius 2 is 1.71 bits per heavy atom. The molecule has 0 atom stereocenters. The third kappa shape index (κ3) is 5.46. The number of piperazine rings is 1. The number of benzene rings is 1. The Kier molecular flexibility index (Phi) is 7.25. The second kappa shape index (κ2) is 11.1. The lowest BCUT2D eigenvalue weighted by Gasteiger charge is -2.36. The molecule has 10 nitrogen and oxygen atoms in total. The molecule has 1 aromatic carbocycles. The van der Waals surface area contributed by atoms with Gasteiger partial charge in [0, 0.05) is 44.3 Å². The summed E-state index contributed by atoms with van der Waals surface area (Å²) in [7, 11) is 0. The Balaban J connectivity index is 1.16. The van der Waals surface area contributed by atoms with Gasteiger partial charge in [-0.05, 0) is 55.5 Å². The molecule has 1 saturated heterocycles. The van der Waals surface area contributed by atoms with E-state index in [0.717, 1.165) is 37.7 Å². The number of ether oxygens (including phenoxy) is 1. The molecule has 0 spiro atoms.